The summed E-state index contributed by atoms with van der Waals surface area (Å²) in [6.07, 6.45) is -0.563. The Morgan fingerprint density at radius 3 is 2.43 bits per heavy atom. The van der Waals surface area contributed by atoms with Gasteiger partial charge in [-0.25, -0.2) is 0 Å². The van der Waals surface area contributed by atoms with Crippen molar-refractivity contribution in [3.63, 3.8) is 0 Å². The molecule has 1 aromatic rings. The first kappa shape index (κ1) is 11.0. The van der Waals surface area contributed by atoms with Crippen molar-refractivity contribution in [1.29, 1.82) is 0 Å². The summed E-state index contributed by atoms with van der Waals surface area (Å²) in [5.74, 6) is 0.186. The Balaban J connectivity index is 2.54. The van der Waals surface area contributed by atoms with Crippen molar-refractivity contribution in [1.82, 2.24) is 0 Å². The highest BCUT2D eigenvalue weighted by Gasteiger charge is 2.13. The monoisotopic (exact) mass is 216 g/mol. The molecule has 78 valence electrons. The Bertz CT molecular complexity index is 371. The summed E-state index contributed by atoms with van der Waals surface area (Å²) < 4.78 is 34.8. The maximum atomic E-state index is 10.5. The van der Waals surface area contributed by atoms with E-state index in [1.54, 1.807) is 31.2 Å². The first-order chi connectivity index (χ1) is 6.47. The third-order valence-electron chi connectivity index (χ3n) is 1.53. The minimum atomic E-state index is -3.97. The number of hydrogen-bond donors (Lipinski definition) is 1. The third kappa shape index (κ3) is 4.25. The van der Waals surface area contributed by atoms with Gasteiger partial charge >= 0.3 is 0 Å². The molecule has 0 aliphatic heterocycles. The van der Waals surface area contributed by atoms with E-state index in [1.807, 2.05) is 6.07 Å². The zero-order valence-electron chi connectivity index (χ0n) is 7.75. The summed E-state index contributed by atoms with van der Waals surface area (Å²) in [5, 5.41) is 0. The fourth-order valence-corrected chi connectivity index (χ4v) is 1.72. The molecule has 1 unspecified atom stereocenters. The summed E-state index contributed by atoms with van der Waals surface area (Å²) in [6.45, 7) is 1.58. The van der Waals surface area contributed by atoms with E-state index >= 15 is 0 Å². The van der Waals surface area contributed by atoms with Crippen LogP contribution < -0.4 is 4.74 Å². The molecule has 4 nitrogen and oxygen atoms in total. The van der Waals surface area contributed by atoms with Gasteiger partial charge < -0.3 is 4.74 Å². The lowest BCUT2D eigenvalue weighted by molar-refractivity contribution is 0.241. The Morgan fingerprint density at radius 2 is 1.93 bits per heavy atom. The molecule has 0 heterocycles. The van der Waals surface area contributed by atoms with Gasteiger partial charge in [0.25, 0.3) is 10.1 Å². The molecule has 1 aromatic carbocycles. The van der Waals surface area contributed by atoms with Gasteiger partial charge in [0.2, 0.25) is 0 Å². The van der Waals surface area contributed by atoms with Crippen molar-refractivity contribution >= 4 is 10.1 Å². The standard InChI is InChI=1S/C9H12O4S/c1-8(7-14(10,11)12)13-9-5-3-2-4-6-9/h2-6,8H,7H2,1H3,(H,10,11,12). The molecule has 0 aliphatic rings. The van der Waals surface area contributed by atoms with Crippen molar-refractivity contribution in [2.75, 3.05) is 5.75 Å². The van der Waals surface area contributed by atoms with Gasteiger partial charge in [-0.05, 0) is 19.1 Å². The Kier molecular flexibility index (Phi) is 3.49. The molecule has 0 amide bonds. The number of benzene rings is 1. The third-order valence-corrected chi connectivity index (χ3v) is 2.42. The van der Waals surface area contributed by atoms with E-state index in [-0.39, 0.29) is 0 Å². The van der Waals surface area contributed by atoms with Crippen LogP contribution in [0.3, 0.4) is 0 Å². The fraction of sp³-hybridized carbons (Fsp3) is 0.333. The van der Waals surface area contributed by atoms with E-state index in [2.05, 4.69) is 0 Å². The molecule has 1 N–H and O–H groups in total. The average Bonchev–Trinajstić information content (AvgIpc) is 2.02. The molecule has 0 fully saturated rings. The topological polar surface area (TPSA) is 63.6 Å². The van der Waals surface area contributed by atoms with Crippen LogP contribution in [-0.4, -0.2) is 24.8 Å². The number of rotatable bonds is 4. The predicted molar refractivity (Wildman–Crippen MR) is 52.9 cm³/mol. The number of ether oxygens (including phenoxy) is 1. The van der Waals surface area contributed by atoms with Crippen LogP contribution in [0.4, 0.5) is 0 Å². The Morgan fingerprint density at radius 1 is 1.36 bits per heavy atom. The zero-order chi connectivity index (χ0) is 10.6. The fourth-order valence-electron chi connectivity index (χ4n) is 1.06. The largest absolute Gasteiger partial charge is 0.490 e. The second-order valence-corrected chi connectivity index (χ2v) is 4.49. The lowest BCUT2D eigenvalue weighted by Gasteiger charge is -2.12. The SMILES string of the molecule is CC(CS(=O)(=O)O)Oc1ccccc1. The van der Waals surface area contributed by atoms with Gasteiger partial charge in [0.1, 0.15) is 17.6 Å². The quantitative estimate of drug-likeness (QED) is 0.771. The summed E-state index contributed by atoms with van der Waals surface area (Å²) in [7, 11) is -3.97. The maximum Gasteiger partial charge on any atom is 0.268 e. The van der Waals surface area contributed by atoms with Crippen molar-refractivity contribution in [3.8, 4) is 5.75 Å². The minimum absolute atomic E-state index is 0.401. The molecule has 0 saturated heterocycles. The molecule has 5 heteroatoms. The zero-order valence-corrected chi connectivity index (χ0v) is 8.57. The van der Waals surface area contributed by atoms with Gasteiger partial charge in [0, 0.05) is 0 Å². The molecule has 1 atom stereocenters. The normalized spacial score (nSPS) is 13.6. The molecule has 14 heavy (non-hydrogen) atoms. The van der Waals surface area contributed by atoms with Gasteiger partial charge in [-0.1, -0.05) is 18.2 Å². The lowest BCUT2D eigenvalue weighted by atomic mass is 10.3. The second kappa shape index (κ2) is 4.43. The number of hydrogen-bond acceptors (Lipinski definition) is 3. The highest BCUT2D eigenvalue weighted by atomic mass is 32.2. The van der Waals surface area contributed by atoms with Crippen LogP contribution in [0.15, 0.2) is 30.3 Å². The predicted octanol–water partition coefficient (Wildman–Crippen LogP) is 1.34. The Labute approximate surface area is 83.3 Å². The molecule has 0 aromatic heterocycles. The summed E-state index contributed by atoms with van der Waals surface area (Å²) in [6, 6.07) is 8.85. The molecular weight excluding hydrogens is 204 g/mol. The molecule has 0 radical (unpaired) electrons. The van der Waals surface area contributed by atoms with Crippen LogP contribution in [0.5, 0.6) is 5.75 Å². The van der Waals surface area contributed by atoms with Crippen molar-refractivity contribution in [2.24, 2.45) is 0 Å². The smallest absolute Gasteiger partial charge is 0.268 e. The molecule has 1 rings (SSSR count). The highest BCUT2D eigenvalue weighted by molar-refractivity contribution is 7.85. The second-order valence-electron chi connectivity index (χ2n) is 2.99. The van der Waals surface area contributed by atoms with Crippen LogP contribution in [0.25, 0.3) is 0 Å². The molecule has 0 bridgehead atoms. The van der Waals surface area contributed by atoms with Crippen LogP contribution in [0.2, 0.25) is 0 Å². The van der Waals surface area contributed by atoms with Gasteiger partial charge in [0.05, 0.1) is 0 Å². The number of para-hydroxylation sites is 1. The molecule has 0 spiro atoms. The van der Waals surface area contributed by atoms with Gasteiger partial charge in [0.15, 0.2) is 0 Å². The van der Waals surface area contributed by atoms with Crippen LogP contribution in [0, 0.1) is 0 Å². The first-order valence-corrected chi connectivity index (χ1v) is 5.75. The first-order valence-electron chi connectivity index (χ1n) is 4.14. The van der Waals surface area contributed by atoms with Gasteiger partial charge in [-0.2, -0.15) is 8.42 Å². The van der Waals surface area contributed by atoms with Crippen molar-refractivity contribution in [2.45, 2.75) is 13.0 Å². The van der Waals surface area contributed by atoms with E-state index in [9.17, 15) is 8.42 Å². The van der Waals surface area contributed by atoms with Gasteiger partial charge in [-0.3, -0.25) is 4.55 Å². The Hall–Kier alpha value is -1.07. The van der Waals surface area contributed by atoms with Crippen LogP contribution in [-0.2, 0) is 10.1 Å². The summed E-state index contributed by atoms with van der Waals surface area (Å²) in [4.78, 5) is 0. The van der Waals surface area contributed by atoms with E-state index in [0.29, 0.717) is 5.75 Å². The van der Waals surface area contributed by atoms with Crippen LogP contribution in [0.1, 0.15) is 6.92 Å². The maximum absolute atomic E-state index is 10.5. The lowest BCUT2D eigenvalue weighted by Crippen LogP contribution is -2.23. The van der Waals surface area contributed by atoms with Crippen molar-refractivity contribution < 1.29 is 17.7 Å². The van der Waals surface area contributed by atoms with E-state index in [1.165, 1.54) is 0 Å². The van der Waals surface area contributed by atoms with Gasteiger partial charge in [-0.15, -0.1) is 0 Å². The minimum Gasteiger partial charge on any atom is -0.490 e. The average molecular weight is 216 g/mol. The molecular formula is C9H12O4S. The van der Waals surface area contributed by atoms with E-state index in [4.69, 9.17) is 9.29 Å². The van der Waals surface area contributed by atoms with E-state index < -0.39 is 22.0 Å². The van der Waals surface area contributed by atoms with Crippen molar-refractivity contribution in [3.05, 3.63) is 30.3 Å². The van der Waals surface area contributed by atoms with Crippen LogP contribution >= 0.6 is 0 Å². The summed E-state index contributed by atoms with van der Waals surface area (Å²) >= 11 is 0. The van der Waals surface area contributed by atoms with E-state index in [0.717, 1.165) is 0 Å². The summed E-state index contributed by atoms with van der Waals surface area (Å²) in [5.41, 5.74) is 0. The molecule has 0 saturated carbocycles. The highest BCUT2D eigenvalue weighted by Crippen LogP contribution is 2.11. The molecule has 0 aliphatic carbocycles.